The highest BCUT2D eigenvalue weighted by atomic mass is 19.1. The van der Waals surface area contributed by atoms with Crippen molar-refractivity contribution in [1.29, 1.82) is 0 Å². The van der Waals surface area contributed by atoms with Crippen molar-refractivity contribution in [2.24, 2.45) is 0 Å². The Morgan fingerprint density at radius 1 is 1.10 bits per heavy atom. The average molecular weight is 289 g/mol. The second kappa shape index (κ2) is 7.81. The van der Waals surface area contributed by atoms with Crippen LogP contribution in [0, 0.1) is 5.82 Å². The zero-order valence-electron chi connectivity index (χ0n) is 12.7. The Balaban J connectivity index is 1.92. The summed E-state index contributed by atoms with van der Waals surface area (Å²) in [5, 5.41) is 4.43. The first kappa shape index (κ1) is 15.5. The number of para-hydroxylation sites is 1. The van der Waals surface area contributed by atoms with E-state index in [1.54, 1.807) is 18.2 Å². The minimum atomic E-state index is -0.307. The van der Waals surface area contributed by atoms with Crippen LogP contribution in [-0.2, 0) is 6.42 Å². The predicted octanol–water partition coefficient (Wildman–Crippen LogP) is 4.50. The number of halogens is 1. The number of unbranched alkanes of at least 4 members (excludes halogenated alkanes) is 5. The van der Waals surface area contributed by atoms with Gasteiger partial charge in [0, 0.05) is 6.07 Å². The molecule has 0 spiro atoms. The van der Waals surface area contributed by atoms with Crippen LogP contribution >= 0.6 is 0 Å². The van der Waals surface area contributed by atoms with Gasteiger partial charge in [0.1, 0.15) is 17.3 Å². The summed E-state index contributed by atoms with van der Waals surface area (Å²) < 4.78 is 15.3. The van der Waals surface area contributed by atoms with Crippen molar-refractivity contribution in [2.45, 2.75) is 51.9 Å². The van der Waals surface area contributed by atoms with Gasteiger partial charge in [-0.2, -0.15) is 5.10 Å². The summed E-state index contributed by atoms with van der Waals surface area (Å²) in [5.41, 5.74) is 7.29. The van der Waals surface area contributed by atoms with E-state index >= 15 is 0 Å². The molecule has 2 N–H and O–H groups in total. The zero-order valence-corrected chi connectivity index (χ0v) is 12.7. The quantitative estimate of drug-likeness (QED) is 0.727. The monoisotopic (exact) mass is 289 g/mol. The smallest absolute Gasteiger partial charge is 0.148 e. The van der Waals surface area contributed by atoms with Crippen molar-refractivity contribution in [2.75, 3.05) is 5.73 Å². The summed E-state index contributed by atoms with van der Waals surface area (Å²) in [7, 11) is 0. The molecule has 0 amide bonds. The fourth-order valence-corrected chi connectivity index (χ4v) is 2.47. The molecule has 1 aromatic carbocycles. The zero-order chi connectivity index (χ0) is 15.1. The van der Waals surface area contributed by atoms with Crippen molar-refractivity contribution >= 4 is 5.82 Å². The fraction of sp³-hybridized carbons (Fsp3) is 0.471. The second-order valence-corrected chi connectivity index (χ2v) is 5.44. The molecule has 0 saturated carbocycles. The van der Waals surface area contributed by atoms with Crippen molar-refractivity contribution in [1.82, 2.24) is 9.78 Å². The molecule has 0 radical (unpaired) electrons. The van der Waals surface area contributed by atoms with Gasteiger partial charge in [-0.05, 0) is 25.0 Å². The third-order valence-electron chi connectivity index (χ3n) is 3.65. The first-order chi connectivity index (χ1) is 10.2. The van der Waals surface area contributed by atoms with E-state index in [9.17, 15) is 4.39 Å². The van der Waals surface area contributed by atoms with Crippen LogP contribution in [0.5, 0.6) is 0 Å². The molecule has 21 heavy (non-hydrogen) atoms. The van der Waals surface area contributed by atoms with Crippen LogP contribution in [-0.4, -0.2) is 9.78 Å². The predicted molar refractivity (Wildman–Crippen MR) is 85.0 cm³/mol. The van der Waals surface area contributed by atoms with Gasteiger partial charge in [-0.1, -0.05) is 51.2 Å². The lowest BCUT2D eigenvalue weighted by atomic mass is 10.1. The van der Waals surface area contributed by atoms with Gasteiger partial charge < -0.3 is 5.73 Å². The molecule has 0 fully saturated rings. The number of aryl methyl sites for hydroxylation is 1. The molecular formula is C17H24FN3. The first-order valence-corrected chi connectivity index (χ1v) is 7.81. The molecule has 0 aliphatic heterocycles. The van der Waals surface area contributed by atoms with E-state index in [1.165, 1.54) is 42.9 Å². The minimum Gasteiger partial charge on any atom is -0.384 e. The van der Waals surface area contributed by atoms with Crippen molar-refractivity contribution in [3.8, 4) is 5.69 Å². The van der Waals surface area contributed by atoms with Gasteiger partial charge in [0.25, 0.3) is 0 Å². The maximum Gasteiger partial charge on any atom is 0.148 e. The molecule has 0 unspecified atom stereocenters. The van der Waals surface area contributed by atoms with Crippen LogP contribution in [0.1, 0.15) is 51.1 Å². The van der Waals surface area contributed by atoms with E-state index in [4.69, 9.17) is 5.73 Å². The van der Waals surface area contributed by atoms with Gasteiger partial charge in [-0.3, -0.25) is 0 Å². The van der Waals surface area contributed by atoms with E-state index in [0.29, 0.717) is 11.5 Å². The SMILES string of the molecule is CCCCCCCCc1cc(N)n(-c2ccccc2F)n1. The number of anilines is 1. The maximum absolute atomic E-state index is 13.8. The van der Waals surface area contributed by atoms with Gasteiger partial charge in [0.15, 0.2) is 0 Å². The minimum absolute atomic E-state index is 0.307. The fourth-order valence-electron chi connectivity index (χ4n) is 2.47. The molecule has 114 valence electrons. The molecule has 4 heteroatoms. The molecule has 2 aromatic rings. The Morgan fingerprint density at radius 2 is 1.81 bits per heavy atom. The number of aromatic nitrogens is 2. The van der Waals surface area contributed by atoms with Gasteiger partial charge in [0.05, 0.1) is 5.69 Å². The number of benzene rings is 1. The molecule has 0 aliphatic carbocycles. The van der Waals surface area contributed by atoms with Gasteiger partial charge >= 0.3 is 0 Å². The van der Waals surface area contributed by atoms with Crippen LogP contribution in [0.3, 0.4) is 0 Å². The molecular weight excluding hydrogens is 265 g/mol. The summed E-state index contributed by atoms with van der Waals surface area (Å²) in [6.07, 6.45) is 8.39. The molecule has 0 atom stereocenters. The molecule has 0 bridgehead atoms. The summed E-state index contributed by atoms with van der Waals surface area (Å²) in [4.78, 5) is 0. The van der Waals surface area contributed by atoms with E-state index in [2.05, 4.69) is 12.0 Å². The summed E-state index contributed by atoms with van der Waals surface area (Å²) in [5.74, 6) is 0.180. The molecule has 0 aliphatic rings. The summed E-state index contributed by atoms with van der Waals surface area (Å²) >= 11 is 0. The third-order valence-corrected chi connectivity index (χ3v) is 3.65. The first-order valence-electron chi connectivity index (χ1n) is 7.81. The molecule has 1 aromatic heterocycles. The van der Waals surface area contributed by atoms with Crippen LogP contribution in [0.15, 0.2) is 30.3 Å². The summed E-state index contributed by atoms with van der Waals surface area (Å²) in [6.45, 7) is 2.22. The maximum atomic E-state index is 13.8. The van der Waals surface area contributed by atoms with E-state index in [0.717, 1.165) is 18.5 Å². The van der Waals surface area contributed by atoms with Gasteiger partial charge in [-0.25, -0.2) is 9.07 Å². The van der Waals surface area contributed by atoms with Crippen LogP contribution < -0.4 is 5.73 Å². The van der Waals surface area contributed by atoms with Crippen molar-refractivity contribution in [3.63, 3.8) is 0 Å². The number of nitrogens with zero attached hydrogens (tertiary/aromatic N) is 2. The topological polar surface area (TPSA) is 43.8 Å². The van der Waals surface area contributed by atoms with Crippen LogP contribution in [0.4, 0.5) is 10.2 Å². The highest BCUT2D eigenvalue weighted by molar-refractivity contribution is 5.43. The van der Waals surface area contributed by atoms with Crippen LogP contribution in [0.25, 0.3) is 5.69 Å². The lowest BCUT2D eigenvalue weighted by molar-refractivity contribution is 0.598. The number of hydrogen-bond donors (Lipinski definition) is 1. The van der Waals surface area contributed by atoms with Crippen LogP contribution in [0.2, 0.25) is 0 Å². The van der Waals surface area contributed by atoms with Gasteiger partial charge in [0.2, 0.25) is 0 Å². The normalized spacial score (nSPS) is 11.0. The third kappa shape index (κ3) is 4.31. The molecule has 0 saturated heterocycles. The lowest BCUT2D eigenvalue weighted by Crippen LogP contribution is -2.04. The Morgan fingerprint density at radius 3 is 2.57 bits per heavy atom. The largest absolute Gasteiger partial charge is 0.384 e. The number of rotatable bonds is 8. The Kier molecular flexibility index (Phi) is 5.78. The summed E-state index contributed by atoms with van der Waals surface area (Å²) in [6, 6.07) is 8.40. The van der Waals surface area contributed by atoms with E-state index in [1.807, 2.05) is 6.07 Å². The Labute approximate surface area is 126 Å². The lowest BCUT2D eigenvalue weighted by Gasteiger charge is -2.04. The highest BCUT2D eigenvalue weighted by Crippen LogP contribution is 2.18. The van der Waals surface area contributed by atoms with Gasteiger partial charge in [-0.15, -0.1) is 0 Å². The number of hydrogen-bond acceptors (Lipinski definition) is 2. The second-order valence-electron chi connectivity index (χ2n) is 5.44. The Hall–Kier alpha value is -1.84. The van der Waals surface area contributed by atoms with E-state index < -0.39 is 0 Å². The average Bonchev–Trinajstić information content (AvgIpc) is 2.84. The molecule has 3 nitrogen and oxygen atoms in total. The molecule has 1 heterocycles. The molecule has 2 rings (SSSR count). The van der Waals surface area contributed by atoms with Crippen molar-refractivity contribution < 1.29 is 4.39 Å². The van der Waals surface area contributed by atoms with E-state index in [-0.39, 0.29) is 5.82 Å². The Bertz CT molecular complexity index is 563. The highest BCUT2D eigenvalue weighted by Gasteiger charge is 2.10. The standard InChI is InChI=1S/C17H24FN3/c1-2-3-4-5-6-7-10-14-13-17(19)21(20-14)16-12-9-8-11-15(16)18/h8-9,11-13H,2-7,10,19H2,1H3. The number of nitrogen functional groups attached to an aromatic ring is 1. The number of nitrogens with two attached hydrogens (primary N) is 1. The van der Waals surface area contributed by atoms with Crippen molar-refractivity contribution in [3.05, 3.63) is 41.8 Å².